The molecule has 0 aliphatic heterocycles. The number of hydrogen-bond donors (Lipinski definition) is 0. The highest BCUT2D eigenvalue weighted by Gasteiger charge is 2.16. The van der Waals surface area contributed by atoms with Gasteiger partial charge in [-0.25, -0.2) is 4.79 Å². The molecule has 0 radical (unpaired) electrons. The Labute approximate surface area is 67.0 Å². The number of ether oxygens (including phenoxy) is 2. The molecule has 0 atom stereocenters. The van der Waals surface area contributed by atoms with Crippen molar-refractivity contribution in [2.75, 3.05) is 0 Å². The van der Waals surface area contributed by atoms with E-state index in [1.807, 2.05) is 0 Å². The van der Waals surface area contributed by atoms with Gasteiger partial charge >= 0.3 is 6.16 Å². The third-order valence-electron chi connectivity index (χ3n) is 0.690. The zero-order valence-electron chi connectivity index (χ0n) is 7.38. The first-order valence-corrected chi connectivity index (χ1v) is 3.46. The topological polar surface area (TPSA) is 35.5 Å². The third kappa shape index (κ3) is 6.90. The van der Waals surface area contributed by atoms with Gasteiger partial charge in [-0.1, -0.05) is 6.08 Å². The fourth-order valence-electron chi connectivity index (χ4n) is 0.398. The fourth-order valence-corrected chi connectivity index (χ4v) is 0.398. The average Bonchev–Trinajstić information content (AvgIpc) is 1.79. The summed E-state index contributed by atoms with van der Waals surface area (Å²) in [6.45, 7) is 7.10. The Balaban J connectivity index is 3.70. The molecule has 3 nitrogen and oxygen atoms in total. The first-order chi connectivity index (χ1) is 4.95. The van der Waals surface area contributed by atoms with Crippen LogP contribution in [0.15, 0.2) is 12.3 Å². The lowest BCUT2D eigenvalue weighted by atomic mass is 10.2. The van der Waals surface area contributed by atoms with Gasteiger partial charge in [-0.15, -0.1) is 0 Å². The summed E-state index contributed by atoms with van der Waals surface area (Å²) in [7, 11) is 0. The highest BCUT2D eigenvalue weighted by atomic mass is 16.7. The molecule has 0 fully saturated rings. The van der Waals surface area contributed by atoms with Gasteiger partial charge in [0.15, 0.2) is 0 Å². The maximum atomic E-state index is 10.7. The van der Waals surface area contributed by atoms with E-state index >= 15 is 0 Å². The molecule has 0 aromatic carbocycles. The molecule has 0 bridgehead atoms. The van der Waals surface area contributed by atoms with Crippen molar-refractivity contribution < 1.29 is 14.3 Å². The molecule has 0 unspecified atom stereocenters. The normalized spacial score (nSPS) is 11.6. The van der Waals surface area contributed by atoms with E-state index in [1.54, 1.807) is 33.8 Å². The molecule has 0 N–H and O–H groups in total. The van der Waals surface area contributed by atoms with Crippen LogP contribution in [0.4, 0.5) is 4.79 Å². The molecule has 11 heavy (non-hydrogen) atoms. The van der Waals surface area contributed by atoms with Crippen LogP contribution >= 0.6 is 0 Å². The van der Waals surface area contributed by atoms with Crippen molar-refractivity contribution in [3.05, 3.63) is 12.3 Å². The summed E-state index contributed by atoms with van der Waals surface area (Å²) < 4.78 is 9.35. The van der Waals surface area contributed by atoms with E-state index < -0.39 is 11.8 Å². The second-order valence-electron chi connectivity index (χ2n) is 3.05. The minimum Gasteiger partial charge on any atom is -0.428 e. The Hall–Kier alpha value is -0.990. The van der Waals surface area contributed by atoms with E-state index in [2.05, 4.69) is 4.74 Å². The molecule has 64 valence electrons. The van der Waals surface area contributed by atoms with Crippen molar-refractivity contribution in [3.63, 3.8) is 0 Å². The van der Waals surface area contributed by atoms with E-state index in [1.165, 1.54) is 6.26 Å². The van der Waals surface area contributed by atoms with Gasteiger partial charge in [0, 0.05) is 0 Å². The van der Waals surface area contributed by atoms with Crippen LogP contribution in [0.2, 0.25) is 0 Å². The zero-order chi connectivity index (χ0) is 8.91. The van der Waals surface area contributed by atoms with Crippen molar-refractivity contribution >= 4 is 6.16 Å². The summed E-state index contributed by atoms with van der Waals surface area (Å²) >= 11 is 0. The first kappa shape index (κ1) is 10.0. The number of carbonyl (C=O) groups excluding carboxylic acids is 1. The van der Waals surface area contributed by atoms with Crippen LogP contribution in [0.5, 0.6) is 0 Å². The molecule has 0 rings (SSSR count). The molecular formula is C8H14O3. The molecule has 0 spiro atoms. The molecule has 0 amide bonds. The van der Waals surface area contributed by atoms with Gasteiger partial charge in [-0.2, -0.15) is 0 Å². The Kier molecular flexibility index (Phi) is 3.65. The molecule has 3 heteroatoms. The van der Waals surface area contributed by atoms with Crippen LogP contribution in [-0.2, 0) is 9.47 Å². The SMILES string of the molecule is CC=COC(=O)OC(C)(C)C. The van der Waals surface area contributed by atoms with Gasteiger partial charge in [0.1, 0.15) is 5.60 Å². The second-order valence-corrected chi connectivity index (χ2v) is 3.05. The van der Waals surface area contributed by atoms with Crippen molar-refractivity contribution in [2.45, 2.75) is 33.3 Å². The van der Waals surface area contributed by atoms with E-state index in [9.17, 15) is 4.79 Å². The quantitative estimate of drug-likeness (QED) is 0.434. The third-order valence-corrected chi connectivity index (χ3v) is 0.690. The lowest BCUT2D eigenvalue weighted by Crippen LogP contribution is -2.23. The molecule has 0 aliphatic rings. The molecule has 0 aromatic heterocycles. The van der Waals surface area contributed by atoms with Crippen LogP contribution in [0.25, 0.3) is 0 Å². The van der Waals surface area contributed by atoms with E-state index in [0.717, 1.165) is 0 Å². The fraction of sp³-hybridized carbons (Fsp3) is 0.625. The lowest BCUT2D eigenvalue weighted by Gasteiger charge is -2.17. The highest BCUT2D eigenvalue weighted by molar-refractivity contribution is 5.61. The van der Waals surface area contributed by atoms with E-state index in [0.29, 0.717) is 0 Å². The minimum absolute atomic E-state index is 0.487. The molecule has 0 saturated heterocycles. The Morgan fingerprint density at radius 1 is 1.36 bits per heavy atom. The summed E-state index contributed by atoms with van der Waals surface area (Å²) in [6, 6.07) is 0. The Morgan fingerprint density at radius 2 is 1.91 bits per heavy atom. The monoisotopic (exact) mass is 158 g/mol. The smallest absolute Gasteiger partial charge is 0.428 e. The van der Waals surface area contributed by atoms with Crippen molar-refractivity contribution in [1.82, 2.24) is 0 Å². The van der Waals surface area contributed by atoms with Crippen molar-refractivity contribution in [2.24, 2.45) is 0 Å². The van der Waals surface area contributed by atoms with Gasteiger partial charge in [0.05, 0.1) is 6.26 Å². The van der Waals surface area contributed by atoms with Gasteiger partial charge < -0.3 is 9.47 Å². The van der Waals surface area contributed by atoms with Crippen LogP contribution in [0, 0.1) is 0 Å². The van der Waals surface area contributed by atoms with Crippen LogP contribution in [-0.4, -0.2) is 11.8 Å². The number of carbonyl (C=O) groups is 1. The summed E-state index contributed by atoms with van der Waals surface area (Å²) in [5, 5.41) is 0. The van der Waals surface area contributed by atoms with Gasteiger partial charge in [0.2, 0.25) is 0 Å². The minimum atomic E-state index is -0.671. The average molecular weight is 158 g/mol. The Morgan fingerprint density at radius 3 is 2.27 bits per heavy atom. The molecule has 0 aromatic rings. The molecule has 0 heterocycles. The second kappa shape index (κ2) is 4.01. The van der Waals surface area contributed by atoms with Crippen molar-refractivity contribution in [1.29, 1.82) is 0 Å². The van der Waals surface area contributed by atoms with Gasteiger partial charge in [0.25, 0.3) is 0 Å². The summed E-state index contributed by atoms with van der Waals surface area (Å²) in [5.74, 6) is 0. The van der Waals surface area contributed by atoms with E-state index in [4.69, 9.17) is 4.74 Å². The Bertz CT molecular complexity index is 153. The lowest BCUT2D eigenvalue weighted by molar-refractivity contribution is 0.0110. The number of hydrogen-bond acceptors (Lipinski definition) is 3. The summed E-state index contributed by atoms with van der Waals surface area (Å²) in [4.78, 5) is 10.7. The summed E-state index contributed by atoms with van der Waals surface area (Å²) in [5.41, 5.74) is -0.487. The van der Waals surface area contributed by atoms with Gasteiger partial charge in [-0.05, 0) is 27.7 Å². The predicted molar refractivity (Wildman–Crippen MR) is 42.1 cm³/mol. The number of allylic oxidation sites excluding steroid dienone is 1. The first-order valence-electron chi connectivity index (χ1n) is 3.46. The standard InChI is InChI=1S/C8H14O3/c1-5-6-10-7(9)11-8(2,3)4/h5-6H,1-4H3. The molecule has 0 aliphatic carbocycles. The van der Waals surface area contributed by atoms with Crippen molar-refractivity contribution in [3.8, 4) is 0 Å². The molecule has 0 saturated carbocycles. The molecular weight excluding hydrogens is 144 g/mol. The van der Waals surface area contributed by atoms with Crippen LogP contribution < -0.4 is 0 Å². The highest BCUT2D eigenvalue weighted by Crippen LogP contribution is 2.07. The zero-order valence-corrected chi connectivity index (χ0v) is 7.38. The van der Waals surface area contributed by atoms with Gasteiger partial charge in [-0.3, -0.25) is 0 Å². The number of rotatable bonds is 1. The predicted octanol–water partition coefficient (Wildman–Crippen LogP) is 2.47. The maximum absolute atomic E-state index is 10.7. The maximum Gasteiger partial charge on any atom is 0.513 e. The summed E-state index contributed by atoms with van der Waals surface area (Å²) in [6.07, 6.45) is 2.23. The van der Waals surface area contributed by atoms with Crippen LogP contribution in [0.1, 0.15) is 27.7 Å². The van der Waals surface area contributed by atoms with Crippen LogP contribution in [0.3, 0.4) is 0 Å². The largest absolute Gasteiger partial charge is 0.513 e. The van der Waals surface area contributed by atoms with E-state index in [-0.39, 0.29) is 0 Å².